The van der Waals surface area contributed by atoms with Gasteiger partial charge in [-0.25, -0.2) is 8.42 Å². The lowest BCUT2D eigenvalue weighted by molar-refractivity contribution is -0.122. The molecule has 0 aromatic heterocycles. The van der Waals surface area contributed by atoms with Crippen molar-refractivity contribution in [1.29, 1.82) is 0 Å². The van der Waals surface area contributed by atoms with Gasteiger partial charge in [0.05, 0.1) is 28.4 Å². The number of nitrogens with two attached hydrogens (primary N) is 1. The zero-order chi connectivity index (χ0) is 22.9. The number of sulfonamides is 1. The average molecular weight is 472 g/mol. The van der Waals surface area contributed by atoms with Crippen LogP contribution in [0.4, 0.5) is 11.4 Å². The minimum atomic E-state index is -4.01. The minimum absolute atomic E-state index is 0.0248. The third kappa shape index (κ3) is 4.12. The molecule has 0 radical (unpaired) electrons. The van der Waals surface area contributed by atoms with Gasteiger partial charge in [0.1, 0.15) is 5.75 Å². The number of anilines is 2. The molecule has 1 heterocycles. The number of carbonyl (C=O) groups excluding carboxylic acids is 2. The second kappa shape index (κ2) is 8.52. The first-order chi connectivity index (χ1) is 15.3. The van der Waals surface area contributed by atoms with E-state index < -0.39 is 27.9 Å². The summed E-state index contributed by atoms with van der Waals surface area (Å²) in [5.41, 5.74) is 6.01. The number of amides is 2. The fourth-order valence-electron chi connectivity index (χ4n) is 3.32. The Balaban J connectivity index is 1.68. The molecule has 1 aliphatic heterocycles. The van der Waals surface area contributed by atoms with Gasteiger partial charge in [0.2, 0.25) is 0 Å². The van der Waals surface area contributed by atoms with E-state index in [1.807, 2.05) is 0 Å². The summed E-state index contributed by atoms with van der Waals surface area (Å²) in [4.78, 5) is 24.7. The molecule has 32 heavy (non-hydrogen) atoms. The molecule has 8 nitrogen and oxygen atoms in total. The highest BCUT2D eigenvalue weighted by Crippen LogP contribution is 2.37. The van der Waals surface area contributed by atoms with Gasteiger partial charge in [-0.15, -0.1) is 0 Å². The lowest BCUT2D eigenvalue weighted by atomic mass is 10.1. The van der Waals surface area contributed by atoms with Crippen molar-refractivity contribution in [2.75, 3.05) is 16.2 Å². The van der Waals surface area contributed by atoms with Crippen LogP contribution in [0.3, 0.4) is 0 Å². The maximum atomic E-state index is 13.4. The Morgan fingerprint density at radius 1 is 1.00 bits per heavy atom. The van der Waals surface area contributed by atoms with E-state index in [4.69, 9.17) is 22.1 Å². The van der Waals surface area contributed by atoms with Crippen LogP contribution in [0.1, 0.15) is 10.4 Å². The number of hydrogen-bond acceptors (Lipinski definition) is 5. The third-order valence-electron chi connectivity index (χ3n) is 4.88. The van der Waals surface area contributed by atoms with Gasteiger partial charge in [-0.1, -0.05) is 35.9 Å². The molecule has 1 unspecified atom stereocenters. The standard InChI is InChI=1S/C22H18ClN3O5S/c23-14-9-11-15(12-10-14)32(29,30)26-13-20(31-19-8-4-3-7-18(19)26)22(28)25-17-6-2-1-5-16(17)21(24)27/h1-12,20H,13H2,(H2,24,27)(H,25,28). The first kappa shape index (κ1) is 21.7. The van der Waals surface area contributed by atoms with E-state index in [9.17, 15) is 18.0 Å². The normalized spacial score (nSPS) is 15.4. The zero-order valence-electron chi connectivity index (χ0n) is 16.6. The summed E-state index contributed by atoms with van der Waals surface area (Å²) in [6, 6.07) is 18.5. The molecule has 1 aliphatic rings. The molecule has 0 fully saturated rings. The van der Waals surface area contributed by atoms with E-state index in [0.29, 0.717) is 10.7 Å². The van der Waals surface area contributed by atoms with Crippen molar-refractivity contribution in [3.63, 3.8) is 0 Å². The van der Waals surface area contributed by atoms with E-state index in [1.54, 1.807) is 36.4 Å². The number of benzene rings is 3. The minimum Gasteiger partial charge on any atom is -0.476 e. The number of hydrogen-bond donors (Lipinski definition) is 2. The van der Waals surface area contributed by atoms with Crippen molar-refractivity contribution in [3.05, 3.63) is 83.4 Å². The summed E-state index contributed by atoms with van der Waals surface area (Å²) in [5, 5.41) is 3.01. The van der Waals surface area contributed by atoms with E-state index >= 15 is 0 Å². The number of nitrogens with zero attached hydrogens (tertiary/aromatic N) is 1. The first-order valence-corrected chi connectivity index (χ1v) is 11.3. The van der Waals surface area contributed by atoms with Gasteiger partial charge in [-0.3, -0.25) is 13.9 Å². The third-order valence-corrected chi connectivity index (χ3v) is 6.93. The zero-order valence-corrected chi connectivity index (χ0v) is 18.1. The van der Waals surface area contributed by atoms with E-state index in [-0.39, 0.29) is 28.4 Å². The molecular weight excluding hydrogens is 454 g/mol. The van der Waals surface area contributed by atoms with Gasteiger partial charge in [-0.05, 0) is 48.5 Å². The molecule has 0 saturated heterocycles. The van der Waals surface area contributed by atoms with Crippen LogP contribution >= 0.6 is 11.6 Å². The van der Waals surface area contributed by atoms with Crippen LogP contribution in [0, 0.1) is 0 Å². The maximum Gasteiger partial charge on any atom is 0.267 e. The van der Waals surface area contributed by atoms with Crippen LogP contribution < -0.4 is 20.1 Å². The van der Waals surface area contributed by atoms with Gasteiger partial charge in [0, 0.05) is 5.02 Å². The molecule has 0 aliphatic carbocycles. The van der Waals surface area contributed by atoms with Crippen molar-refractivity contribution in [1.82, 2.24) is 0 Å². The molecule has 3 N–H and O–H groups in total. The number of carbonyl (C=O) groups is 2. The van der Waals surface area contributed by atoms with Gasteiger partial charge >= 0.3 is 0 Å². The van der Waals surface area contributed by atoms with Crippen molar-refractivity contribution < 1.29 is 22.7 Å². The summed E-state index contributed by atoms with van der Waals surface area (Å²) in [6.07, 6.45) is -1.17. The Kier molecular flexibility index (Phi) is 5.77. The molecule has 1 atom stereocenters. The van der Waals surface area contributed by atoms with Gasteiger partial charge in [-0.2, -0.15) is 0 Å². The van der Waals surface area contributed by atoms with Crippen LogP contribution in [0.5, 0.6) is 5.75 Å². The van der Waals surface area contributed by atoms with Gasteiger partial charge in [0.25, 0.3) is 21.8 Å². The highest BCUT2D eigenvalue weighted by molar-refractivity contribution is 7.92. The molecule has 2 amide bonds. The van der Waals surface area contributed by atoms with Crippen LogP contribution in [0.2, 0.25) is 5.02 Å². The highest BCUT2D eigenvalue weighted by Gasteiger charge is 2.37. The van der Waals surface area contributed by atoms with E-state index in [2.05, 4.69) is 5.32 Å². The van der Waals surface area contributed by atoms with Crippen molar-refractivity contribution in [2.45, 2.75) is 11.0 Å². The predicted octanol–water partition coefficient (Wildman–Crippen LogP) is 3.03. The summed E-state index contributed by atoms with van der Waals surface area (Å²) in [7, 11) is -4.01. The number of para-hydroxylation sites is 3. The lowest BCUT2D eigenvalue weighted by Crippen LogP contribution is -2.49. The smallest absolute Gasteiger partial charge is 0.267 e. The molecule has 0 saturated carbocycles. The number of primary amides is 1. The first-order valence-electron chi connectivity index (χ1n) is 9.51. The number of halogens is 1. The molecule has 10 heteroatoms. The van der Waals surface area contributed by atoms with Crippen molar-refractivity contribution in [3.8, 4) is 5.75 Å². The Morgan fingerprint density at radius 2 is 1.66 bits per heavy atom. The molecule has 3 aromatic carbocycles. The molecular formula is C22H18ClN3O5S. The maximum absolute atomic E-state index is 13.4. The quantitative estimate of drug-likeness (QED) is 0.592. The molecule has 164 valence electrons. The van der Waals surface area contributed by atoms with Gasteiger partial charge < -0.3 is 15.8 Å². The summed E-state index contributed by atoms with van der Waals surface area (Å²) in [6.45, 7) is -0.271. The Hall–Kier alpha value is -3.56. The lowest BCUT2D eigenvalue weighted by Gasteiger charge is -2.34. The Bertz CT molecular complexity index is 1290. The number of fused-ring (bicyclic) bond motifs is 1. The Labute approximate surface area is 189 Å². The Morgan fingerprint density at radius 3 is 2.38 bits per heavy atom. The van der Waals surface area contributed by atoms with E-state index in [0.717, 1.165) is 4.31 Å². The van der Waals surface area contributed by atoms with E-state index in [1.165, 1.54) is 36.4 Å². The SMILES string of the molecule is NC(=O)c1ccccc1NC(=O)C1CN(S(=O)(=O)c2ccc(Cl)cc2)c2ccccc2O1. The van der Waals surface area contributed by atoms with Crippen molar-refractivity contribution >= 4 is 44.8 Å². The monoisotopic (exact) mass is 471 g/mol. The molecule has 0 bridgehead atoms. The van der Waals surface area contributed by atoms with Crippen LogP contribution in [-0.2, 0) is 14.8 Å². The number of rotatable bonds is 5. The predicted molar refractivity (Wildman–Crippen MR) is 120 cm³/mol. The average Bonchev–Trinajstić information content (AvgIpc) is 2.78. The summed E-state index contributed by atoms with van der Waals surface area (Å²) >= 11 is 5.89. The van der Waals surface area contributed by atoms with Crippen molar-refractivity contribution in [2.24, 2.45) is 5.73 Å². The molecule has 3 aromatic rings. The van der Waals surface area contributed by atoms with Crippen LogP contribution in [-0.4, -0.2) is 32.9 Å². The van der Waals surface area contributed by atoms with Crippen LogP contribution in [0.15, 0.2) is 77.7 Å². The molecule has 0 spiro atoms. The van der Waals surface area contributed by atoms with Crippen LogP contribution in [0.25, 0.3) is 0 Å². The number of ether oxygens (including phenoxy) is 1. The fraction of sp³-hybridized carbons (Fsp3) is 0.0909. The molecule has 4 rings (SSSR count). The summed E-state index contributed by atoms with van der Waals surface area (Å²) < 4.78 is 33.6. The fourth-order valence-corrected chi connectivity index (χ4v) is 4.92. The topological polar surface area (TPSA) is 119 Å². The largest absolute Gasteiger partial charge is 0.476 e. The highest BCUT2D eigenvalue weighted by atomic mass is 35.5. The van der Waals surface area contributed by atoms with Gasteiger partial charge in [0.15, 0.2) is 6.10 Å². The second-order valence-electron chi connectivity index (χ2n) is 6.96. The second-order valence-corrected chi connectivity index (χ2v) is 9.26. The number of nitrogens with one attached hydrogen (secondary N) is 1. The summed E-state index contributed by atoms with van der Waals surface area (Å²) in [5.74, 6) is -1.09.